The van der Waals surface area contributed by atoms with E-state index in [1.54, 1.807) is 0 Å². The van der Waals surface area contributed by atoms with E-state index in [-0.39, 0.29) is 0 Å². The molecule has 7 heteroatoms. The summed E-state index contributed by atoms with van der Waals surface area (Å²) < 4.78 is 33.5. The lowest BCUT2D eigenvalue weighted by atomic mass is 14.9. The molecule has 0 aromatic heterocycles. The molecular weight excluding hydrogens is 151 g/mol. The molecule has 0 spiro atoms. The first-order valence-corrected chi connectivity index (χ1v) is 2.48. The first-order valence-electron chi connectivity index (χ1n) is 0.938. The molecule has 0 N–H and O–H groups in total. The lowest BCUT2D eigenvalue weighted by Crippen LogP contribution is -2.60. The quantitative estimate of drug-likeness (QED) is 0.309. The molecule has 0 atom stereocenters. The molecule has 0 saturated carbocycles. The molecule has 44 valence electrons. The van der Waals surface area contributed by atoms with E-state index in [9.17, 15) is 14.0 Å². The van der Waals surface area contributed by atoms with Crippen LogP contribution in [0.15, 0.2) is 0 Å². The molecule has 0 unspecified atom stereocenters. The zero-order valence-corrected chi connectivity index (χ0v) is 4.31. The third-order valence-electron chi connectivity index (χ3n) is 0.101. The Morgan fingerprint density at radius 3 is 1.71 bits per heavy atom. The van der Waals surface area contributed by atoms with E-state index in [2.05, 4.69) is 20.7 Å². The zero-order valence-electron chi connectivity index (χ0n) is 2.80. The van der Waals surface area contributed by atoms with Gasteiger partial charge in [-0.15, -0.1) is 0 Å². The van der Waals surface area contributed by atoms with Crippen LogP contribution >= 0.6 is 11.9 Å². The van der Waals surface area contributed by atoms with Crippen LogP contribution in [0.5, 0.6) is 0 Å². The zero-order chi connectivity index (χ0) is 5.91. The monoisotopic (exact) mass is 150 g/mol. The second-order valence-electron chi connectivity index (χ2n) is 0.504. The standard InChI is InChI=1S/Cl2O5/c1-6-7-2(3,4)5. The van der Waals surface area contributed by atoms with E-state index in [0.29, 0.717) is 0 Å². The summed E-state index contributed by atoms with van der Waals surface area (Å²) in [6.07, 6.45) is 0. The summed E-state index contributed by atoms with van der Waals surface area (Å²) in [5.74, 6) is 0. The van der Waals surface area contributed by atoms with Crippen molar-refractivity contribution in [3.05, 3.63) is 0 Å². The summed E-state index contributed by atoms with van der Waals surface area (Å²) in [6.45, 7) is 0. The Balaban J connectivity index is 3.15. The van der Waals surface area contributed by atoms with Crippen molar-refractivity contribution in [3.8, 4) is 0 Å². The van der Waals surface area contributed by atoms with Crippen LogP contribution in [-0.4, -0.2) is 0 Å². The molecule has 7 heavy (non-hydrogen) atoms. The number of rotatable bonds is 2. The van der Waals surface area contributed by atoms with Gasteiger partial charge in [0.2, 0.25) is 0 Å². The van der Waals surface area contributed by atoms with Crippen LogP contribution in [-0.2, 0) is 8.88 Å². The second kappa shape index (κ2) is 2.63. The lowest BCUT2D eigenvalue weighted by Gasteiger charge is -2.05. The molecule has 0 aliphatic heterocycles. The predicted molar refractivity (Wildman–Crippen MR) is 8.02 cm³/mol. The molecule has 0 aliphatic carbocycles. The van der Waals surface area contributed by atoms with E-state index >= 15 is 0 Å². The third-order valence-corrected chi connectivity index (χ3v) is 0.446. The number of hydrogen-bond donors (Lipinski definition) is 0. The van der Waals surface area contributed by atoms with Gasteiger partial charge in [-0.2, -0.15) is 14.0 Å². The molecular formula is Cl2O5. The fourth-order valence-corrected chi connectivity index (χ4v) is 0.262. The first kappa shape index (κ1) is 7.38. The summed E-state index contributed by atoms with van der Waals surface area (Å²) in [4.78, 5) is 0. The molecule has 0 amide bonds. The van der Waals surface area contributed by atoms with Crippen molar-refractivity contribution in [2.75, 3.05) is 0 Å². The Morgan fingerprint density at radius 1 is 1.29 bits per heavy atom. The topological polar surface area (TPSA) is 87.6 Å². The Bertz CT molecular complexity index is 44.5. The highest BCUT2D eigenvalue weighted by molar-refractivity contribution is 6.06. The molecule has 0 bridgehead atoms. The molecule has 0 heterocycles. The van der Waals surface area contributed by atoms with Crippen LogP contribution < -0.4 is 14.0 Å². The van der Waals surface area contributed by atoms with Gasteiger partial charge in [-0.05, 0) is 0 Å². The van der Waals surface area contributed by atoms with E-state index in [1.807, 2.05) is 0 Å². The molecule has 0 radical (unpaired) electrons. The van der Waals surface area contributed by atoms with Crippen molar-refractivity contribution in [3.63, 3.8) is 0 Å². The van der Waals surface area contributed by atoms with Crippen LogP contribution in [0.3, 0.4) is 0 Å². The summed E-state index contributed by atoms with van der Waals surface area (Å²) in [6, 6.07) is 0. The SMILES string of the molecule is [O-][Cl+3]([O-])([O-])OOCl. The molecule has 0 aliphatic rings. The van der Waals surface area contributed by atoms with Crippen molar-refractivity contribution in [2.45, 2.75) is 0 Å². The predicted octanol–water partition coefficient (Wildman–Crippen LogP) is -3.01. The van der Waals surface area contributed by atoms with Gasteiger partial charge in [0, 0.05) is 4.44 Å². The molecule has 0 aromatic carbocycles. The average Bonchev–Trinajstić information content (AvgIpc) is 1.30. The largest absolute Gasteiger partial charge is 0.282 e. The average molecular weight is 151 g/mol. The van der Waals surface area contributed by atoms with Crippen molar-refractivity contribution < 1.29 is 33.1 Å². The normalized spacial score (nSPS) is 12.0. The van der Waals surface area contributed by atoms with Crippen LogP contribution in [0.4, 0.5) is 0 Å². The Labute approximate surface area is 45.8 Å². The number of halogens is 2. The van der Waals surface area contributed by atoms with Crippen molar-refractivity contribution >= 4 is 11.9 Å². The van der Waals surface area contributed by atoms with Crippen molar-refractivity contribution in [1.29, 1.82) is 0 Å². The Morgan fingerprint density at radius 2 is 1.71 bits per heavy atom. The maximum absolute atomic E-state index is 9.22. The maximum Gasteiger partial charge on any atom is 0.282 e. The van der Waals surface area contributed by atoms with Gasteiger partial charge < -0.3 is 0 Å². The van der Waals surface area contributed by atoms with E-state index in [4.69, 9.17) is 0 Å². The van der Waals surface area contributed by atoms with Gasteiger partial charge in [0.05, 0.1) is 0 Å². The molecule has 0 fully saturated rings. The summed E-state index contributed by atoms with van der Waals surface area (Å²) in [5, 5.41) is 0. The van der Waals surface area contributed by atoms with Crippen LogP contribution in [0.1, 0.15) is 0 Å². The fourth-order valence-electron chi connectivity index (χ4n) is 0.0292. The molecule has 0 saturated heterocycles. The highest BCUT2D eigenvalue weighted by atomic mass is 35.7. The van der Waals surface area contributed by atoms with Gasteiger partial charge in [0.25, 0.3) is 4.44 Å². The highest BCUT2D eigenvalue weighted by Gasteiger charge is 2.18. The third kappa shape index (κ3) is 6.38. The van der Waals surface area contributed by atoms with E-state index in [1.165, 1.54) is 0 Å². The van der Waals surface area contributed by atoms with Gasteiger partial charge in [-0.1, -0.05) is 0 Å². The van der Waals surface area contributed by atoms with Crippen LogP contribution in [0.2, 0.25) is 0 Å². The van der Waals surface area contributed by atoms with Crippen LogP contribution in [0.25, 0.3) is 0 Å². The van der Waals surface area contributed by atoms with Crippen molar-refractivity contribution in [1.82, 2.24) is 0 Å². The molecule has 0 rings (SSSR count). The fraction of sp³-hybridized carbons (Fsp3) is 0. The Kier molecular flexibility index (Phi) is 2.77. The minimum atomic E-state index is -4.54. The Hall–Kier alpha value is 0.380. The van der Waals surface area contributed by atoms with Gasteiger partial charge in [-0.3, -0.25) is 0 Å². The van der Waals surface area contributed by atoms with Gasteiger partial charge >= 0.3 is 0 Å². The highest BCUT2D eigenvalue weighted by Crippen LogP contribution is 1.90. The molecule has 0 aromatic rings. The van der Waals surface area contributed by atoms with E-state index in [0.717, 1.165) is 0 Å². The van der Waals surface area contributed by atoms with Crippen molar-refractivity contribution in [2.24, 2.45) is 0 Å². The minimum Gasteiger partial charge on any atom is -0.180 e. The summed E-state index contributed by atoms with van der Waals surface area (Å²) in [5.41, 5.74) is 0. The van der Waals surface area contributed by atoms with Crippen LogP contribution in [0, 0.1) is 10.2 Å². The smallest absolute Gasteiger partial charge is 0.180 e. The van der Waals surface area contributed by atoms with E-state index < -0.39 is 10.2 Å². The summed E-state index contributed by atoms with van der Waals surface area (Å²) in [7, 11) is -4.54. The van der Waals surface area contributed by atoms with Gasteiger partial charge in [0.15, 0.2) is 0 Å². The maximum atomic E-state index is 9.22. The van der Waals surface area contributed by atoms with Gasteiger partial charge in [0.1, 0.15) is 22.1 Å². The van der Waals surface area contributed by atoms with Gasteiger partial charge in [-0.25, -0.2) is 0 Å². The lowest BCUT2D eigenvalue weighted by molar-refractivity contribution is -1.93. The summed E-state index contributed by atoms with van der Waals surface area (Å²) >= 11 is 4.18. The number of hydrogen-bond acceptors (Lipinski definition) is 5. The minimum absolute atomic E-state index is 2.88. The molecule has 5 nitrogen and oxygen atoms in total. The first-order chi connectivity index (χ1) is 3.06. The second-order valence-corrected chi connectivity index (χ2v) is 1.51.